The molecule has 0 spiro atoms. The summed E-state index contributed by atoms with van der Waals surface area (Å²) in [5.41, 5.74) is 5.91. The van der Waals surface area contributed by atoms with Crippen LogP contribution in [0.25, 0.3) is 5.69 Å². The summed E-state index contributed by atoms with van der Waals surface area (Å²) in [6.07, 6.45) is 2.78. The van der Waals surface area contributed by atoms with Gasteiger partial charge >= 0.3 is 0 Å². The van der Waals surface area contributed by atoms with Crippen molar-refractivity contribution >= 4 is 29.1 Å². The van der Waals surface area contributed by atoms with Crippen LogP contribution in [0.4, 0.5) is 0 Å². The predicted molar refractivity (Wildman–Crippen MR) is 59.9 cm³/mol. The molecule has 0 aliphatic carbocycles. The topological polar surface area (TPSA) is 73.8 Å². The van der Waals surface area contributed by atoms with Crippen LogP contribution in [0.3, 0.4) is 0 Å². The molecule has 0 aliphatic rings. The second-order valence-corrected chi connectivity index (χ2v) is 3.70. The van der Waals surface area contributed by atoms with E-state index in [-0.39, 0.29) is 16.0 Å². The van der Waals surface area contributed by atoms with Crippen molar-refractivity contribution in [1.29, 1.82) is 0 Å². The van der Waals surface area contributed by atoms with Gasteiger partial charge in [-0.2, -0.15) is 0 Å². The van der Waals surface area contributed by atoms with Crippen molar-refractivity contribution in [3.8, 4) is 5.69 Å². The van der Waals surface area contributed by atoms with Gasteiger partial charge in [0.05, 0.1) is 18.2 Å². The van der Waals surface area contributed by atoms with E-state index >= 15 is 0 Å². The molecule has 82 valence electrons. The summed E-state index contributed by atoms with van der Waals surface area (Å²) < 4.78 is 1.45. The van der Waals surface area contributed by atoms with Gasteiger partial charge in [-0.1, -0.05) is 23.2 Å². The van der Waals surface area contributed by atoms with Crippen LogP contribution in [0, 0.1) is 0 Å². The Balaban J connectivity index is 2.59. The minimum absolute atomic E-state index is 0.174. The molecule has 2 aromatic heterocycles. The fourth-order valence-electron chi connectivity index (χ4n) is 1.25. The fraction of sp³-hybridized carbons (Fsp3) is 0. The summed E-state index contributed by atoms with van der Waals surface area (Å²) in [5.74, 6) is -0.594. The van der Waals surface area contributed by atoms with E-state index in [2.05, 4.69) is 9.97 Å². The van der Waals surface area contributed by atoms with Gasteiger partial charge in [0.25, 0.3) is 5.91 Å². The number of aromatic nitrogens is 3. The van der Waals surface area contributed by atoms with E-state index in [0.29, 0.717) is 5.69 Å². The number of carbonyl (C=O) groups is 1. The average molecular weight is 257 g/mol. The molecule has 0 fully saturated rings. The molecular weight excluding hydrogens is 251 g/mol. The largest absolute Gasteiger partial charge is 0.364 e. The van der Waals surface area contributed by atoms with Crippen LogP contribution in [0.2, 0.25) is 10.3 Å². The predicted octanol–water partition coefficient (Wildman–Crippen LogP) is 1.67. The summed E-state index contributed by atoms with van der Waals surface area (Å²) in [4.78, 5) is 18.8. The smallest absolute Gasteiger partial charge is 0.267 e. The van der Waals surface area contributed by atoms with Crippen LogP contribution in [-0.4, -0.2) is 20.4 Å². The van der Waals surface area contributed by atoms with Gasteiger partial charge in [-0.05, 0) is 12.1 Å². The lowest BCUT2D eigenvalue weighted by Gasteiger charge is -2.06. The Bertz CT molecular complexity index is 552. The summed E-state index contributed by atoms with van der Waals surface area (Å²) in [6, 6.07) is 3.19. The van der Waals surface area contributed by atoms with Crippen LogP contribution in [0.5, 0.6) is 0 Å². The summed E-state index contributed by atoms with van der Waals surface area (Å²) >= 11 is 11.6. The lowest BCUT2D eigenvalue weighted by Crippen LogP contribution is -2.15. The highest BCUT2D eigenvalue weighted by molar-refractivity contribution is 6.33. The molecule has 5 nitrogen and oxygen atoms in total. The Morgan fingerprint density at radius 1 is 1.38 bits per heavy atom. The molecule has 2 aromatic rings. The molecule has 0 atom stereocenters. The van der Waals surface area contributed by atoms with Crippen molar-refractivity contribution in [2.24, 2.45) is 5.73 Å². The molecule has 0 bridgehead atoms. The molecule has 0 saturated carbocycles. The standard InChI is InChI=1S/C9H6Cl2N4O/c10-7-2-1-5(8(11)14-7)15-4-13-3-6(15)9(12)16/h1-4H,(H2,12,16). The number of nitrogens with zero attached hydrogens (tertiary/aromatic N) is 3. The van der Waals surface area contributed by atoms with Gasteiger partial charge in [0.1, 0.15) is 10.8 Å². The maximum absolute atomic E-state index is 11.1. The van der Waals surface area contributed by atoms with Crippen molar-refractivity contribution in [3.05, 3.63) is 40.7 Å². The molecule has 1 amide bonds. The number of primary amides is 1. The molecule has 0 aromatic carbocycles. The highest BCUT2D eigenvalue weighted by atomic mass is 35.5. The number of nitrogens with two attached hydrogens (primary N) is 1. The van der Waals surface area contributed by atoms with E-state index < -0.39 is 5.91 Å². The molecule has 0 aliphatic heterocycles. The van der Waals surface area contributed by atoms with Crippen LogP contribution >= 0.6 is 23.2 Å². The third kappa shape index (κ3) is 1.87. The minimum atomic E-state index is -0.594. The fourth-order valence-corrected chi connectivity index (χ4v) is 1.69. The highest BCUT2D eigenvalue weighted by Crippen LogP contribution is 2.21. The molecule has 2 heterocycles. The van der Waals surface area contributed by atoms with Gasteiger partial charge in [0.15, 0.2) is 5.15 Å². The van der Waals surface area contributed by atoms with Crippen LogP contribution in [-0.2, 0) is 0 Å². The average Bonchev–Trinajstić information content (AvgIpc) is 2.66. The van der Waals surface area contributed by atoms with E-state index in [4.69, 9.17) is 28.9 Å². The van der Waals surface area contributed by atoms with Crippen LogP contribution in [0.1, 0.15) is 10.5 Å². The molecule has 0 saturated heterocycles. The van der Waals surface area contributed by atoms with Crippen molar-refractivity contribution in [2.45, 2.75) is 0 Å². The van der Waals surface area contributed by atoms with E-state index in [9.17, 15) is 4.79 Å². The van der Waals surface area contributed by atoms with Gasteiger partial charge in [0.2, 0.25) is 0 Å². The van der Waals surface area contributed by atoms with Gasteiger partial charge in [-0.15, -0.1) is 0 Å². The monoisotopic (exact) mass is 256 g/mol. The Hall–Kier alpha value is -1.59. The Morgan fingerprint density at radius 3 is 2.75 bits per heavy atom. The number of pyridine rings is 1. The first-order valence-electron chi connectivity index (χ1n) is 4.24. The maximum atomic E-state index is 11.1. The van der Waals surface area contributed by atoms with E-state index in [0.717, 1.165) is 0 Å². The summed E-state index contributed by atoms with van der Waals surface area (Å²) in [5, 5.41) is 0.447. The van der Waals surface area contributed by atoms with Crippen LogP contribution in [0.15, 0.2) is 24.7 Å². The summed E-state index contributed by atoms with van der Waals surface area (Å²) in [6.45, 7) is 0. The van der Waals surface area contributed by atoms with Gasteiger partial charge in [-0.3, -0.25) is 9.36 Å². The number of rotatable bonds is 2. The first-order chi connectivity index (χ1) is 7.59. The SMILES string of the molecule is NC(=O)c1cncn1-c1ccc(Cl)nc1Cl. The zero-order valence-corrected chi connectivity index (χ0v) is 9.40. The van der Waals surface area contributed by atoms with Crippen LogP contribution < -0.4 is 5.73 Å². The number of halogens is 2. The quantitative estimate of drug-likeness (QED) is 0.831. The van der Waals surface area contributed by atoms with Gasteiger partial charge < -0.3 is 5.73 Å². The number of hydrogen-bond donors (Lipinski definition) is 1. The van der Waals surface area contributed by atoms with E-state index in [1.807, 2.05) is 0 Å². The molecule has 0 unspecified atom stereocenters. The molecule has 2 rings (SSSR count). The minimum Gasteiger partial charge on any atom is -0.364 e. The third-order valence-corrected chi connectivity index (χ3v) is 2.43. The molecule has 2 N–H and O–H groups in total. The number of hydrogen-bond acceptors (Lipinski definition) is 3. The highest BCUT2D eigenvalue weighted by Gasteiger charge is 2.12. The normalized spacial score (nSPS) is 10.4. The van der Waals surface area contributed by atoms with Crippen molar-refractivity contribution in [3.63, 3.8) is 0 Å². The second-order valence-electron chi connectivity index (χ2n) is 2.96. The Morgan fingerprint density at radius 2 is 2.12 bits per heavy atom. The number of carbonyl (C=O) groups excluding carboxylic acids is 1. The Kier molecular flexibility index (Phi) is 2.80. The van der Waals surface area contributed by atoms with Crippen molar-refractivity contribution < 1.29 is 4.79 Å². The zero-order valence-electron chi connectivity index (χ0n) is 7.89. The number of imidazole rings is 1. The first kappa shape index (κ1) is 10.9. The Labute approximate surface area is 101 Å². The van der Waals surface area contributed by atoms with Gasteiger partial charge in [0, 0.05) is 0 Å². The maximum Gasteiger partial charge on any atom is 0.267 e. The molecule has 0 radical (unpaired) electrons. The lowest BCUT2D eigenvalue weighted by molar-refractivity contribution is 0.0994. The lowest BCUT2D eigenvalue weighted by atomic mass is 10.3. The van der Waals surface area contributed by atoms with E-state index in [1.54, 1.807) is 12.1 Å². The molecular formula is C9H6Cl2N4O. The summed E-state index contributed by atoms with van der Waals surface area (Å²) in [7, 11) is 0. The van der Waals surface area contributed by atoms with Crippen molar-refractivity contribution in [1.82, 2.24) is 14.5 Å². The van der Waals surface area contributed by atoms with Crippen molar-refractivity contribution in [2.75, 3.05) is 0 Å². The molecule has 7 heteroatoms. The first-order valence-corrected chi connectivity index (χ1v) is 5.00. The second kappa shape index (κ2) is 4.11. The van der Waals surface area contributed by atoms with Gasteiger partial charge in [-0.25, -0.2) is 9.97 Å². The molecule has 16 heavy (non-hydrogen) atoms. The van der Waals surface area contributed by atoms with E-state index in [1.165, 1.54) is 17.1 Å². The zero-order chi connectivity index (χ0) is 11.7. The third-order valence-electron chi connectivity index (χ3n) is 1.95. The number of amides is 1.